The van der Waals surface area contributed by atoms with Gasteiger partial charge < -0.3 is 10.1 Å². The van der Waals surface area contributed by atoms with E-state index in [1.165, 1.54) is 31.4 Å². The first-order valence-corrected chi connectivity index (χ1v) is 8.53. The second kappa shape index (κ2) is 6.37. The largest absolute Gasteiger partial charge is 0.495 e. The molecule has 0 aliphatic heterocycles. The topological polar surface area (TPSA) is 72.5 Å². The molecule has 0 radical (unpaired) electrons. The molecule has 116 valence electrons. The first kappa shape index (κ1) is 16.3. The van der Waals surface area contributed by atoms with Gasteiger partial charge in [0.05, 0.1) is 17.7 Å². The van der Waals surface area contributed by atoms with Crippen molar-refractivity contribution in [1.82, 2.24) is 0 Å². The van der Waals surface area contributed by atoms with Crippen LogP contribution in [0.15, 0.2) is 47.4 Å². The Kier molecular flexibility index (Phi) is 4.73. The lowest BCUT2D eigenvalue weighted by Gasteiger charge is -2.10. The van der Waals surface area contributed by atoms with E-state index in [-0.39, 0.29) is 10.8 Å². The molecule has 0 bridgehead atoms. The zero-order valence-electron chi connectivity index (χ0n) is 12.0. The number of ether oxygens (including phenoxy) is 1. The second-order valence-corrected chi connectivity index (χ2v) is 7.05. The summed E-state index contributed by atoms with van der Waals surface area (Å²) >= 11 is 5.90. The molecule has 0 saturated heterocycles. The molecule has 0 fully saturated rings. The molecule has 1 N–H and O–H groups in total. The van der Waals surface area contributed by atoms with Gasteiger partial charge in [0.25, 0.3) is 5.91 Å². The molecule has 2 rings (SSSR count). The number of nitrogens with one attached hydrogen (secondary N) is 1. The standard InChI is InChI=1S/C15H14ClNO4S/c1-21-14-8-5-11(16)9-13(14)17-15(18)10-3-6-12(7-4-10)22(2,19)20/h3-9H,1-2H3,(H,17,18). The van der Waals surface area contributed by atoms with Crippen molar-refractivity contribution in [2.75, 3.05) is 18.7 Å². The highest BCUT2D eigenvalue weighted by Crippen LogP contribution is 2.28. The summed E-state index contributed by atoms with van der Waals surface area (Å²) in [7, 11) is -1.80. The summed E-state index contributed by atoms with van der Waals surface area (Å²) in [4.78, 5) is 12.4. The number of sulfone groups is 1. The maximum Gasteiger partial charge on any atom is 0.255 e. The van der Waals surface area contributed by atoms with Crippen molar-refractivity contribution in [2.45, 2.75) is 4.90 Å². The van der Waals surface area contributed by atoms with E-state index in [2.05, 4.69) is 5.32 Å². The molecule has 2 aromatic rings. The Hall–Kier alpha value is -2.05. The van der Waals surface area contributed by atoms with Gasteiger partial charge in [-0.2, -0.15) is 0 Å². The van der Waals surface area contributed by atoms with Gasteiger partial charge in [0.1, 0.15) is 5.75 Å². The van der Waals surface area contributed by atoms with Gasteiger partial charge in [-0.15, -0.1) is 0 Å². The van der Waals surface area contributed by atoms with E-state index in [0.717, 1.165) is 6.26 Å². The van der Waals surface area contributed by atoms with Crippen LogP contribution in [0.3, 0.4) is 0 Å². The Bertz CT molecular complexity index is 801. The number of halogens is 1. The number of rotatable bonds is 4. The smallest absolute Gasteiger partial charge is 0.255 e. The van der Waals surface area contributed by atoms with E-state index in [1.807, 2.05) is 0 Å². The molecule has 2 aromatic carbocycles. The Morgan fingerprint density at radius 3 is 2.32 bits per heavy atom. The number of hydrogen-bond donors (Lipinski definition) is 1. The predicted molar refractivity (Wildman–Crippen MR) is 85.5 cm³/mol. The van der Waals surface area contributed by atoms with Crippen LogP contribution in [-0.2, 0) is 9.84 Å². The number of carbonyl (C=O) groups is 1. The normalized spacial score (nSPS) is 11.0. The molecular formula is C15H14ClNO4S. The molecule has 22 heavy (non-hydrogen) atoms. The van der Waals surface area contributed by atoms with E-state index in [4.69, 9.17) is 16.3 Å². The van der Waals surface area contributed by atoms with Crippen molar-refractivity contribution < 1.29 is 17.9 Å². The van der Waals surface area contributed by atoms with Gasteiger partial charge in [0, 0.05) is 16.8 Å². The van der Waals surface area contributed by atoms with Gasteiger partial charge in [-0.3, -0.25) is 4.79 Å². The van der Waals surface area contributed by atoms with Crippen LogP contribution >= 0.6 is 11.6 Å². The number of benzene rings is 2. The summed E-state index contributed by atoms with van der Waals surface area (Å²) in [5, 5.41) is 3.14. The molecule has 5 nitrogen and oxygen atoms in total. The van der Waals surface area contributed by atoms with Crippen molar-refractivity contribution >= 4 is 33.0 Å². The lowest BCUT2D eigenvalue weighted by Crippen LogP contribution is -2.13. The summed E-state index contributed by atoms with van der Waals surface area (Å²) in [5.41, 5.74) is 0.765. The van der Waals surface area contributed by atoms with Crippen LogP contribution < -0.4 is 10.1 Å². The molecule has 0 unspecified atom stereocenters. The number of methoxy groups -OCH3 is 1. The molecule has 0 spiro atoms. The van der Waals surface area contributed by atoms with Crippen LogP contribution in [0.1, 0.15) is 10.4 Å². The third-order valence-corrected chi connectivity index (χ3v) is 4.32. The third kappa shape index (κ3) is 3.78. The monoisotopic (exact) mass is 339 g/mol. The van der Waals surface area contributed by atoms with Gasteiger partial charge in [-0.25, -0.2) is 8.42 Å². The fourth-order valence-electron chi connectivity index (χ4n) is 1.83. The lowest BCUT2D eigenvalue weighted by atomic mass is 10.2. The highest BCUT2D eigenvalue weighted by molar-refractivity contribution is 7.90. The van der Waals surface area contributed by atoms with Crippen molar-refractivity contribution in [3.63, 3.8) is 0 Å². The van der Waals surface area contributed by atoms with E-state index >= 15 is 0 Å². The Labute approximate surface area is 133 Å². The molecule has 7 heteroatoms. The van der Waals surface area contributed by atoms with Gasteiger partial charge in [0.2, 0.25) is 0 Å². The molecule has 0 aliphatic rings. The molecule has 0 saturated carbocycles. The van der Waals surface area contributed by atoms with Crippen LogP contribution in [0, 0.1) is 0 Å². The fraction of sp³-hybridized carbons (Fsp3) is 0.133. The zero-order valence-corrected chi connectivity index (χ0v) is 13.5. The van der Waals surface area contributed by atoms with Crippen LogP contribution in [-0.4, -0.2) is 27.7 Å². The van der Waals surface area contributed by atoms with Crippen LogP contribution in [0.5, 0.6) is 5.75 Å². The fourth-order valence-corrected chi connectivity index (χ4v) is 2.63. The molecule has 0 aliphatic carbocycles. The Morgan fingerprint density at radius 2 is 1.77 bits per heavy atom. The first-order chi connectivity index (χ1) is 10.3. The Morgan fingerprint density at radius 1 is 1.14 bits per heavy atom. The van der Waals surface area contributed by atoms with Crippen molar-refractivity contribution in [3.05, 3.63) is 53.1 Å². The van der Waals surface area contributed by atoms with Crippen LogP contribution in [0.4, 0.5) is 5.69 Å². The van der Waals surface area contributed by atoms with Crippen LogP contribution in [0.2, 0.25) is 5.02 Å². The van der Waals surface area contributed by atoms with Gasteiger partial charge >= 0.3 is 0 Å². The maximum absolute atomic E-state index is 12.2. The van der Waals surface area contributed by atoms with Crippen molar-refractivity contribution in [3.8, 4) is 5.75 Å². The quantitative estimate of drug-likeness (QED) is 0.929. The number of anilines is 1. The van der Waals surface area contributed by atoms with Gasteiger partial charge in [0.15, 0.2) is 9.84 Å². The SMILES string of the molecule is COc1ccc(Cl)cc1NC(=O)c1ccc(S(C)(=O)=O)cc1. The first-order valence-electron chi connectivity index (χ1n) is 6.26. The summed E-state index contributed by atoms with van der Waals surface area (Å²) < 4.78 is 27.9. The number of amides is 1. The van der Waals surface area contributed by atoms with E-state index < -0.39 is 9.84 Å². The number of hydrogen-bond acceptors (Lipinski definition) is 4. The summed E-state index contributed by atoms with van der Waals surface area (Å²) in [6.07, 6.45) is 1.11. The van der Waals surface area contributed by atoms with Crippen molar-refractivity contribution in [2.24, 2.45) is 0 Å². The molecule has 0 atom stereocenters. The minimum Gasteiger partial charge on any atom is -0.495 e. The molecule has 0 aromatic heterocycles. The lowest BCUT2D eigenvalue weighted by molar-refractivity contribution is 0.102. The Balaban J connectivity index is 2.24. The highest BCUT2D eigenvalue weighted by Gasteiger charge is 2.12. The highest BCUT2D eigenvalue weighted by atomic mass is 35.5. The predicted octanol–water partition coefficient (Wildman–Crippen LogP) is 3.00. The average molecular weight is 340 g/mol. The van der Waals surface area contributed by atoms with Crippen molar-refractivity contribution in [1.29, 1.82) is 0 Å². The minimum absolute atomic E-state index is 0.157. The van der Waals surface area contributed by atoms with E-state index in [9.17, 15) is 13.2 Å². The molecular weight excluding hydrogens is 326 g/mol. The zero-order chi connectivity index (χ0) is 16.3. The molecule has 0 heterocycles. The second-order valence-electron chi connectivity index (χ2n) is 4.60. The minimum atomic E-state index is -3.29. The maximum atomic E-state index is 12.2. The van der Waals surface area contributed by atoms with E-state index in [0.29, 0.717) is 22.0 Å². The van der Waals surface area contributed by atoms with Gasteiger partial charge in [-0.05, 0) is 42.5 Å². The van der Waals surface area contributed by atoms with Crippen LogP contribution in [0.25, 0.3) is 0 Å². The summed E-state index contributed by atoms with van der Waals surface area (Å²) in [6, 6.07) is 10.5. The van der Waals surface area contributed by atoms with E-state index in [1.54, 1.807) is 18.2 Å². The summed E-state index contributed by atoms with van der Waals surface area (Å²) in [5.74, 6) is 0.0890. The van der Waals surface area contributed by atoms with Gasteiger partial charge in [-0.1, -0.05) is 11.6 Å². The summed E-state index contributed by atoms with van der Waals surface area (Å²) in [6.45, 7) is 0. The number of carbonyl (C=O) groups excluding carboxylic acids is 1. The third-order valence-electron chi connectivity index (χ3n) is 2.95. The average Bonchev–Trinajstić information content (AvgIpc) is 2.46. The molecule has 1 amide bonds.